The van der Waals surface area contributed by atoms with E-state index >= 15 is 0 Å². The molecule has 2 aliphatic rings. The van der Waals surface area contributed by atoms with Crippen molar-refractivity contribution in [3.63, 3.8) is 0 Å². The van der Waals surface area contributed by atoms with Gasteiger partial charge in [-0.15, -0.1) is 0 Å². The summed E-state index contributed by atoms with van der Waals surface area (Å²) in [6.07, 6.45) is 6.32. The van der Waals surface area contributed by atoms with E-state index in [9.17, 15) is 0 Å². The lowest BCUT2D eigenvalue weighted by atomic mass is 9.86. The number of benzene rings is 5. The third-order valence-electron chi connectivity index (χ3n) is 6.96. The third-order valence-corrected chi connectivity index (χ3v) is 6.96. The van der Waals surface area contributed by atoms with Gasteiger partial charge in [0.2, 0.25) is 0 Å². The summed E-state index contributed by atoms with van der Waals surface area (Å²) in [6.45, 7) is 0. The Hall–Kier alpha value is -3.38. The van der Waals surface area contributed by atoms with Crippen LogP contribution in [0.5, 0.6) is 0 Å². The summed E-state index contributed by atoms with van der Waals surface area (Å²) in [6, 6.07) is 35.3. The Labute approximate surface area is 191 Å². The summed E-state index contributed by atoms with van der Waals surface area (Å²) >= 11 is 0. The van der Waals surface area contributed by atoms with Crippen LogP contribution in [-0.2, 0) is 19.3 Å². The zero-order valence-electron chi connectivity index (χ0n) is 17.8. The van der Waals surface area contributed by atoms with Crippen LogP contribution in [-0.4, -0.2) is 0 Å². The lowest BCUT2D eigenvalue weighted by Crippen LogP contribution is -2.02. The van der Waals surface area contributed by atoms with Crippen molar-refractivity contribution in [2.75, 3.05) is 0 Å². The van der Waals surface area contributed by atoms with Gasteiger partial charge in [0.05, 0.1) is 0 Å². The highest BCUT2D eigenvalue weighted by Gasteiger charge is 2.16. The number of hydrogen-bond acceptors (Lipinski definition) is 0. The largest absolute Gasteiger partial charge is 0.0776 e. The summed E-state index contributed by atoms with van der Waals surface area (Å²) < 4.78 is 0. The summed E-state index contributed by atoms with van der Waals surface area (Å²) in [4.78, 5) is 0. The van der Waals surface area contributed by atoms with Crippen LogP contribution in [0.3, 0.4) is 0 Å². The van der Waals surface area contributed by atoms with Crippen LogP contribution >= 0.6 is 0 Å². The number of hydrogen-bond donors (Lipinski definition) is 0. The fourth-order valence-corrected chi connectivity index (χ4v) is 5.42. The smallest absolute Gasteiger partial charge is 0.00135 e. The van der Waals surface area contributed by atoms with E-state index in [1.54, 1.807) is 11.1 Å². The summed E-state index contributed by atoms with van der Waals surface area (Å²) in [7, 11) is 0. The van der Waals surface area contributed by atoms with Gasteiger partial charge in [-0.3, -0.25) is 0 Å². The van der Waals surface area contributed by atoms with Gasteiger partial charge in [0, 0.05) is 0 Å². The third kappa shape index (κ3) is 3.50. The van der Waals surface area contributed by atoms with Crippen molar-refractivity contribution in [3.05, 3.63) is 119 Å². The Kier molecular flexibility index (Phi) is 5.53. The molecule has 0 aliphatic heterocycles. The minimum atomic E-state index is 0. The van der Waals surface area contributed by atoms with Gasteiger partial charge in [-0.05, 0) is 87.0 Å². The van der Waals surface area contributed by atoms with E-state index in [0.717, 1.165) is 6.42 Å². The molecule has 7 rings (SSSR count). The van der Waals surface area contributed by atoms with Crippen molar-refractivity contribution in [1.29, 1.82) is 0 Å². The standard InChI is InChI=1S/C18H16.C13H10.CH4/c1-3-7-15-13(5-1)9-11-18-16-8-4-2-6-14(16)10-12-17(15)18;1-3-7-12-10(5-1)9-11-6-2-4-8-13(11)12;/h1,3,5,7,9-12H,2,4,6,8H2;1-8H,9H2;1H4. The molecular weight excluding hydrogens is 384 g/mol. The molecule has 32 heavy (non-hydrogen) atoms. The molecule has 0 atom stereocenters. The highest BCUT2D eigenvalue weighted by Crippen LogP contribution is 2.36. The molecule has 0 heterocycles. The zero-order chi connectivity index (χ0) is 20.6. The lowest BCUT2D eigenvalue weighted by Gasteiger charge is -2.18. The summed E-state index contributed by atoms with van der Waals surface area (Å²) in [5.74, 6) is 0. The van der Waals surface area contributed by atoms with Crippen LogP contribution in [0.1, 0.15) is 42.5 Å². The number of rotatable bonds is 0. The fourth-order valence-electron chi connectivity index (χ4n) is 5.42. The van der Waals surface area contributed by atoms with E-state index < -0.39 is 0 Å². The maximum atomic E-state index is 2.35. The zero-order valence-corrected chi connectivity index (χ0v) is 17.8. The molecule has 0 amide bonds. The maximum absolute atomic E-state index is 2.35. The van der Waals surface area contributed by atoms with Crippen LogP contribution in [0.25, 0.3) is 32.7 Å². The summed E-state index contributed by atoms with van der Waals surface area (Å²) in [5.41, 5.74) is 8.93. The molecule has 0 spiro atoms. The Morgan fingerprint density at radius 1 is 0.438 bits per heavy atom. The first-order valence-electron chi connectivity index (χ1n) is 11.5. The Morgan fingerprint density at radius 2 is 1.06 bits per heavy atom. The van der Waals surface area contributed by atoms with Crippen LogP contribution in [0.4, 0.5) is 0 Å². The van der Waals surface area contributed by atoms with Crippen LogP contribution in [0.15, 0.2) is 97.1 Å². The van der Waals surface area contributed by atoms with Crippen LogP contribution in [0, 0.1) is 0 Å². The Morgan fingerprint density at radius 3 is 1.84 bits per heavy atom. The molecule has 0 aromatic heterocycles. The van der Waals surface area contributed by atoms with E-state index in [-0.39, 0.29) is 7.43 Å². The molecule has 5 aromatic carbocycles. The lowest BCUT2D eigenvalue weighted by molar-refractivity contribution is 0.690. The second kappa shape index (κ2) is 8.63. The highest BCUT2D eigenvalue weighted by atomic mass is 14.2. The Bertz CT molecular complexity index is 1360. The molecule has 0 heteroatoms. The van der Waals surface area contributed by atoms with E-state index in [2.05, 4.69) is 97.1 Å². The molecule has 0 N–H and O–H groups in total. The molecule has 158 valence electrons. The van der Waals surface area contributed by atoms with Crippen LogP contribution in [0.2, 0.25) is 0 Å². The Balaban J connectivity index is 0.000000137. The van der Waals surface area contributed by atoms with Gasteiger partial charge in [0.15, 0.2) is 0 Å². The van der Waals surface area contributed by atoms with Gasteiger partial charge in [-0.2, -0.15) is 0 Å². The van der Waals surface area contributed by atoms with Crippen molar-refractivity contribution in [1.82, 2.24) is 0 Å². The number of fused-ring (bicyclic) bond motifs is 8. The van der Waals surface area contributed by atoms with Crippen LogP contribution < -0.4 is 0 Å². The van der Waals surface area contributed by atoms with E-state index in [4.69, 9.17) is 0 Å². The molecular formula is C32H30. The first kappa shape index (κ1) is 20.5. The van der Waals surface area contributed by atoms with Gasteiger partial charge in [-0.1, -0.05) is 104 Å². The van der Waals surface area contributed by atoms with E-state index in [1.165, 1.54) is 69.5 Å². The topological polar surface area (TPSA) is 0 Å². The minimum Gasteiger partial charge on any atom is -0.0776 e. The van der Waals surface area contributed by atoms with E-state index in [1.807, 2.05) is 0 Å². The molecule has 0 fully saturated rings. The normalized spacial score (nSPS) is 13.4. The van der Waals surface area contributed by atoms with Crippen molar-refractivity contribution in [2.45, 2.75) is 39.5 Å². The van der Waals surface area contributed by atoms with Gasteiger partial charge in [0.1, 0.15) is 0 Å². The molecule has 0 radical (unpaired) electrons. The average Bonchev–Trinajstić information content (AvgIpc) is 3.23. The molecule has 0 bridgehead atoms. The van der Waals surface area contributed by atoms with Gasteiger partial charge < -0.3 is 0 Å². The first-order valence-corrected chi connectivity index (χ1v) is 11.5. The minimum absolute atomic E-state index is 0. The van der Waals surface area contributed by atoms with Gasteiger partial charge in [-0.25, -0.2) is 0 Å². The van der Waals surface area contributed by atoms with Crippen molar-refractivity contribution in [3.8, 4) is 11.1 Å². The van der Waals surface area contributed by atoms with E-state index in [0.29, 0.717) is 0 Å². The van der Waals surface area contributed by atoms with Crippen molar-refractivity contribution >= 4 is 21.5 Å². The SMILES string of the molecule is C.c1ccc2c(c1)Cc1ccccc1-2.c1ccc2c(c1)ccc1c3c(ccc12)CCCC3. The first-order chi connectivity index (χ1) is 15.4. The average molecular weight is 415 g/mol. The van der Waals surface area contributed by atoms with Gasteiger partial charge in [0.25, 0.3) is 0 Å². The molecule has 0 saturated heterocycles. The maximum Gasteiger partial charge on any atom is -0.00135 e. The molecule has 2 aliphatic carbocycles. The molecule has 0 saturated carbocycles. The van der Waals surface area contributed by atoms with Crippen molar-refractivity contribution < 1.29 is 0 Å². The highest BCUT2D eigenvalue weighted by molar-refractivity contribution is 6.08. The second-order valence-corrected chi connectivity index (χ2v) is 8.78. The molecule has 0 unspecified atom stereocenters. The predicted molar refractivity (Wildman–Crippen MR) is 140 cm³/mol. The molecule has 5 aromatic rings. The fraction of sp³-hybridized carbons (Fsp3) is 0.188. The predicted octanol–water partition coefficient (Wildman–Crippen LogP) is 8.77. The molecule has 0 nitrogen and oxygen atoms in total. The van der Waals surface area contributed by atoms with Gasteiger partial charge >= 0.3 is 0 Å². The monoisotopic (exact) mass is 414 g/mol. The summed E-state index contributed by atoms with van der Waals surface area (Å²) in [5, 5.41) is 5.64. The quantitative estimate of drug-likeness (QED) is 0.218. The number of aryl methyl sites for hydroxylation is 2. The van der Waals surface area contributed by atoms with Crippen molar-refractivity contribution in [2.24, 2.45) is 0 Å². The second-order valence-electron chi connectivity index (χ2n) is 8.78.